The van der Waals surface area contributed by atoms with Gasteiger partial charge in [0.1, 0.15) is 5.92 Å². The molecule has 2 unspecified atom stereocenters. The van der Waals surface area contributed by atoms with Crippen LogP contribution in [0.5, 0.6) is 0 Å². The summed E-state index contributed by atoms with van der Waals surface area (Å²) in [5.74, 6) is -12.0. The van der Waals surface area contributed by atoms with Crippen LogP contribution in [-0.2, 0) is 15.8 Å². The zero-order valence-corrected chi connectivity index (χ0v) is 11.9. The maximum Gasteiger partial charge on any atom is 0.416 e. The number of halogens is 7. The Hall–Kier alpha value is -2.65. The molecule has 0 aromatic heterocycles. The van der Waals surface area contributed by atoms with Crippen molar-refractivity contribution in [1.82, 2.24) is 0 Å². The van der Waals surface area contributed by atoms with Gasteiger partial charge in [0.15, 0.2) is 17.5 Å². The number of anilines is 1. The third-order valence-electron chi connectivity index (χ3n) is 3.92. The molecule has 1 heterocycles. The van der Waals surface area contributed by atoms with E-state index >= 15 is 0 Å². The highest BCUT2D eigenvalue weighted by Gasteiger charge is 2.66. The average Bonchev–Trinajstić information content (AvgIpc) is 2.74. The first kappa shape index (κ1) is 17.2. The molecular weight excluding hydrogens is 359 g/mol. The van der Waals surface area contributed by atoms with E-state index in [1.165, 1.54) is 0 Å². The van der Waals surface area contributed by atoms with Crippen molar-refractivity contribution >= 4 is 17.5 Å². The quantitative estimate of drug-likeness (QED) is 0.559. The molecule has 0 N–H and O–H groups in total. The Morgan fingerprint density at radius 1 is 1.00 bits per heavy atom. The van der Waals surface area contributed by atoms with Crippen LogP contribution in [0.4, 0.5) is 36.4 Å². The zero-order chi connectivity index (χ0) is 18.7. The molecule has 1 saturated heterocycles. The Labute approximate surface area is 135 Å². The van der Waals surface area contributed by atoms with Crippen molar-refractivity contribution in [1.29, 1.82) is 0 Å². The molecule has 1 aromatic rings. The Morgan fingerprint density at radius 3 is 2.08 bits per heavy atom. The largest absolute Gasteiger partial charge is 0.416 e. The fourth-order valence-electron chi connectivity index (χ4n) is 2.65. The lowest BCUT2D eigenvalue weighted by atomic mass is 9.86. The SMILES string of the molecule is O=C1C2C=C(F)C(F)=C(F)C2(F)C(=O)N1c1ccc(C(F)(F)F)cc1. The number of alkyl halides is 4. The lowest BCUT2D eigenvalue weighted by molar-refractivity contribution is -0.137. The number of benzene rings is 1. The van der Waals surface area contributed by atoms with Crippen molar-refractivity contribution in [3.63, 3.8) is 0 Å². The zero-order valence-electron chi connectivity index (χ0n) is 11.9. The second-order valence-corrected chi connectivity index (χ2v) is 5.36. The summed E-state index contributed by atoms with van der Waals surface area (Å²) in [5.41, 5.74) is -5.37. The molecule has 1 fully saturated rings. The standard InChI is InChI=1S/C15H6F7NO2/c16-9-5-8-12(24)23(13(25)14(8,19)11(18)10(9)17)7-3-1-6(2-4-7)15(20,21)22/h1-5,8H. The van der Waals surface area contributed by atoms with Crippen LogP contribution < -0.4 is 4.90 Å². The normalized spacial score (nSPS) is 26.9. The minimum absolute atomic E-state index is 0.0623. The van der Waals surface area contributed by atoms with Crippen LogP contribution in [0.2, 0.25) is 0 Å². The Balaban J connectivity index is 2.06. The van der Waals surface area contributed by atoms with Crippen LogP contribution in [0.3, 0.4) is 0 Å². The van der Waals surface area contributed by atoms with Gasteiger partial charge in [-0.15, -0.1) is 0 Å². The summed E-state index contributed by atoms with van der Waals surface area (Å²) < 4.78 is 92.7. The van der Waals surface area contributed by atoms with Crippen LogP contribution in [0.15, 0.2) is 47.8 Å². The lowest BCUT2D eigenvalue weighted by Gasteiger charge is -2.22. The first-order valence-corrected chi connectivity index (χ1v) is 6.67. The maximum atomic E-state index is 14.7. The fourth-order valence-corrected chi connectivity index (χ4v) is 2.65. The number of carbonyl (C=O) groups excluding carboxylic acids is 2. The van der Waals surface area contributed by atoms with E-state index in [1.54, 1.807) is 0 Å². The van der Waals surface area contributed by atoms with E-state index in [-0.39, 0.29) is 11.0 Å². The number of hydrogen-bond acceptors (Lipinski definition) is 2. The van der Waals surface area contributed by atoms with Gasteiger partial charge in [-0.1, -0.05) is 0 Å². The second-order valence-electron chi connectivity index (χ2n) is 5.36. The van der Waals surface area contributed by atoms with Gasteiger partial charge >= 0.3 is 6.18 Å². The van der Waals surface area contributed by atoms with Gasteiger partial charge in [-0.3, -0.25) is 9.59 Å². The summed E-state index contributed by atoms with van der Waals surface area (Å²) in [6, 6.07) is 2.42. The average molecular weight is 365 g/mol. The number of rotatable bonds is 1. The monoisotopic (exact) mass is 365 g/mol. The highest BCUT2D eigenvalue weighted by molar-refractivity contribution is 6.27. The van der Waals surface area contributed by atoms with Gasteiger partial charge in [-0.05, 0) is 30.3 Å². The van der Waals surface area contributed by atoms with Gasteiger partial charge in [-0.2, -0.15) is 13.2 Å². The molecule has 3 nitrogen and oxygen atoms in total. The Bertz CT molecular complexity index is 840. The number of amides is 2. The topological polar surface area (TPSA) is 37.4 Å². The van der Waals surface area contributed by atoms with Crippen LogP contribution >= 0.6 is 0 Å². The van der Waals surface area contributed by atoms with E-state index in [0.717, 1.165) is 0 Å². The molecule has 2 atom stereocenters. The van der Waals surface area contributed by atoms with Crippen LogP contribution in [0.25, 0.3) is 0 Å². The predicted octanol–water partition coefficient (Wildman–Crippen LogP) is 3.92. The van der Waals surface area contributed by atoms with Crippen molar-refractivity contribution in [2.45, 2.75) is 11.8 Å². The summed E-state index contributed by atoms with van der Waals surface area (Å²) in [6.07, 6.45) is -4.57. The van der Waals surface area contributed by atoms with E-state index in [9.17, 15) is 40.3 Å². The van der Waals surface area contributed by atoms with Crippen molar-refractivity contribution in [2.75, 3.05) is 4.90 Å². The third kappa shape index (κ3) is 2.27. The summed E-state index contributed by atoms with van der Waals surface area (Å²) >= 11 is 0. The molecule has 132 valence electrons. The molecule has 10 heteroatoms. The van der Waals surface area contributed by atoms with Gasteiger partial charge in [0.25, 0.3) is 11.6 Å². The van der Waals surface area contributed by atoms with E-state index in [1.807, 2.05) is 0 Å². The van der Waals surface area contributed by atoms with E-state index in [2.05, 4.69) is 0 Å². The number of imide groups is 1. The van der Waals surface area contributed by atoms with Crippen molar-refractivity contribution < 1.29 is 40.3 Å². The second kappa shape index (κ2) is 5.17. The highest BCUT2D eigenvalue weighted by Crippen LogP contribution is 2.49. The Morgan fingerprint density at radius 2 is 1.56 bits per heavy atom. The molecule has 0 saturated carbocycles. The molecule has 0 bridgehead atoms. The van der Waals surface area contributed by atoms with Crippen molar-refractivity contribution in [3.8, 4) is 0 Å². The summed E-state index contributed by atoms with van der Waals surface area (Å²) in [5, 5.41) is 0. The minimum atomic E-state index is -4.70. The number of fused-ring (bicyclic) bond motifs is 1. The molecule has 2 amide bonds. The fraction of sp³-hybridized carbons (Fsp3) is 0.200. The van der Waals surface area contributed by atoms with Crippen LogP contribution in [0, 0.1) is 5.92 Å². The Kier molecular flexibility index (Phi) is 3.55. The van der Waals surface area contributed by atoms with Crippen LogP contribution in [-0.4, -0.2) is 17.5 Å². The number of nitrogens with zero attached hydrogens (tertiary/aromatic N) is 1. The highest BCUT2D eigenvalue weighted by atomic mass is 19.4. The molecule has 3 rings (SSSR count). The van der Waals surface area contributed by atoms with Crippen molar-refractivity contribution in [2.24, 2.45) is 5.92 Å². The summed E-state index contributed by atoms with van der Waals surface area (Å²) in [6.45, 7) is 0. The lowest BCUT2D eigenvalue weighted by Crippen LogP contribution is -2.41. The minimum Gasteiger partial charge on any atom is -0.273 e. The molecular formula is C15H6F7NO2. The first-order chi connectivity index (χ1) is 11.5. The van der Waals surface area contributed by atoms with Gasteiger partial charge in [0, 0.05) is 0 Å². The number of allylic oxidation sites excluding steroid dienone is 2. The van der Waals surface area contributed by atoms with E-state index < -0.39 is 58.3 Å². The molecule has 1 aliphatic heterocycles. The molecule has 1 aromatic carbocycles. The maximum absolute atomic E-state index is 14.7. The van der Waals surface area contributed by atoms with Gasteiger partial charge in [-0.25, -0.2) is 22.5 Å². The van der Waals surface area contributed by atoms with E-state index in [4.69, 9.17) is 0 Å². The summed E-state index contributed by atoms with van der Waals surface area (Å²) in [4.78, 5) is 24.3. The summed E-state index contributed by atoms with van der Waals surface area (Å²) in [7, 11) is 0. The predicted molar refractivity (Wildman–Crippen MR) is 69.7 cm³/mol. The smallest absolute Gasteiger partial charge is 0.273 e. The van der Waals surface area contributed by atoms with Gasteiger partial charge < -0.3 is 0 Å². The van der Waals surface area contributed by atoms with Crippen molar-refractivity contribution in [3.05, 3.63) is 53.4 Å². The molecule has 1 aliphatic carbocycles. The van der Waals surface area contributed by atoms with E-state index in [0.29, 0.717) is 24.3 Å². The first-order valence-electron chi connectivity index (χ1n) is 6.67. The molecule has 0 spiro atoms. The number of hydrogen-bond donors (Lipinski definition) is 0. The molecule has 0 radical (unpaired) electrons. The molecule has 2 aliphatic rings. The van der Waals surface area contributed by atoms with Crippen LogP contribution in [0.1, 0.15) is 5.56 Å². The third-order valence-corrected chi connectivity index (χ3v) is 3.92. The van der Waals surface area contributed by atoms with Gasteiger partial charge in [0.2, 0.25) is 5.91 Å². The number of carbonyl (C=O) groups is 2. The van der Waals surface area contributed by atoms with Gasteiger partial charge in [0.05, 0.1) is 11.3 Å². The molecule has 25 heavy (non-hydrogen) atoms.